The van der Waals surface area contributed by atoms with E-state index in [4.69, 9.17) is 4.74 Å². The van der Waals surface area contributed by atoms with E-state index >= 15 is 0 Å². The molecule has 2 heteroatoms. The lowest BCUT2D eigenvalue weighted by Crippen LogP contribution is -1.95. The van der Waals surface area contributed by atoms with Crippen molar-refractivity contribution < 1.29 is 4.74 Å². The highest BCUT2D eigenvalue weighted by Crippen LogP contribution is 2.17. The summed E-state index contributed by atoms with van der Waals surface area (Å²) in [6.07, 6.45) is 4.00. The van der Waals surface area contributed by atoms with Crippen molar-refractivity contribution in [3.8, 4) is 5.88 Å². The molecule has 0 unspecified atom stereocenters. The molecule has 0 atom stereocenters. The van der Waals surface area contributed by atoms with Crippen LogP contribution in [0.4, 0.5) is 0 Å². The highest BCUT2D eigenvalue weighted by Gasteiger charge is 2.02. The van der Waals surface area contributed by atoms with Crippen LogP contribution in [0, 0.1) is 6.92 Å². The maximum Gasteiger partial charge on any atom is 0.216 e. The van der Waals surface area contributed by atoms with E-state index in [1.54, 1.807) is 7.11 Å². The smallest absolute Gasteiger partial charge is 0.216 e. The highest BCUT2D eigenvalue weighted by molar-refractivity contribution is 5.29. The van der Waals surface area contributed by atoms with Gasteiger partial charge in [0.15, 0.2) is 0 Å². The van der Waals surface area contributed by atoms with Gasteiger partial charge in [-0.1, -0.05) is 20.8 Å². The number of aryl methyl sites for hydroxylation is 2. The number of hydrogen-bond donors (Lipinski definition) is 0. The van der Waals surface area contributed by atoms with E-state index in [1.165, 1.54) is 11.1 Å². The van der Waals surface area contributed by atoms with Gasteiger partial charge in [0.05, 0.1) is 7.11 Å². The van der Waals surface area contributed by atoms with E-state index in [0.717, 1.165) is 18.7 Å². The molecule has 0 aromatic carbocycles. The summed E-state index contributed by atoms with van der Waals surface area (Å²) in [5, 5.41) is 0. The van der Waals surface area contributed by atoms with Crippen LogP contribution >= 0.6 is 0 Å². The Morgan fingerprint density at radius 2 is 2.15 bits per heavy atom. The quantitative estimate of drug-likeness (QED) is 0.715. The van der Waals surface area contributed by atoms with Crippen LogP contribution in [-0.4, -0.2) is 12.1 Å². The molecule has 1 heterocycles. The lowest BCUT2D eigenvalue weighted by atomic mass is 10.1. The number of aromatic nitrogens is 1. The molecule has 1 rings (SSSR count). The Kier molecular flexibility index (Phi) is 5.12. The molecule has 0 saturated heterocycles. The van der Waals surface area contributed by atoms with Crippen molar-refractivity contribution in [1.29, 1.82) is 0 Å². The predicted octanol–water partition coefficient (Wildman–Crippen LogP) is 2.99. The second kappa shape index (κ2) is 5.57. The first-order chi connectivity index (χ1) is 5.77. The van der Waals surface area contributed by atoms with Gasteiger partial charge in [0.1, 0.15) is 0 Å². The van der Waals surface area contributed by atoms with Crippen molar-refractivity contribution in [3.63, 3.8) is 0 Å². The summed E-state index contributed by atoms with van der Waals surface area (Å²) in [4.78, 5) is 4.19. The fourth-order valence-electron chi connectivity index (χ4n) is 1.25. The van der Waals surface area contributed by atoms with Crippen LogP contribution in [0.25, 0.3) is 0 Å². The van der Waals surface area contributed by atoms with Crippen molar-refractivity contribution in [2.75, 3.05) is 7.11 Å². The van der Waals surface area contributed by atoms with Crippen LogP contribution in [0.1, 0.15) is 31.9 Å². The summed E-state index contributed by atoms with van der Waals surface area (Å²) < 4.78 is 5.14. The van der Waals surface area contributed by atoms with Crippen molar-refractivity contribution in [2.24, 2.45) is 0 Å². The van der Waals surface area contributed by atoms with Gasteiger partial charge in [-0.25, -0.2) is 4.98 Å². The van der Waals surface area contributed by atoms with Gasteiger partial charge < -0.3 is 4.74 Å². The maximum atomic E-state index is 5.14. The third-order valence-electron chi connectivity index (χ3n) is 1.77. The molecule has 13 heavy (non-hydrogen) atoms. The van der Waals surface area contributed by atoms with E-state index in [2.05, 4.69) is 18.0 Å². The average Bonchev–Trinajstić information content (AvgIpc) is 2.05. The first-order valence-electron chi connectivity index (χ1n) is 4.27. The number of pyridine rings is 1. The maximum absolute atomic E-state index is 5.14. The minimum Gasteiger partial charge on any atom is -0.481 e. The molecule has 0 fully saturated rings. The Morgan fingerprint density at radius 1 is 1.46 bits per heavy atom. The fraction of sp³-hybridized carbons (Fsp3) is 0.545. The van der Waals surface area contributed by atoms with E-state index in [0.29, 0.717) is 0 Å². The van der Waals surface area contributed by atoms with Gasteiger partial charge in [-0.3, -0.25) is 0 Å². The predicted molar refractivity (Wildman–Crippen MR) is 56.3 cm³/mol. The van der Waals surface area contributed by atoms with Gasteiger partial charge in [-0.05, 0) is 25.0 Å². The zero-order valence-electron chi connectivity index (χ0n) is 7.92. The minimum absolute atomic E-state index is 0. The molecule has 0 N–H and O–H groups in total. The van der Waals surface area contributed by atoms with Crippen molar-refractivity contribution >= 4 is 0 Å². The first-order valence-corrected chi connectivity index (χ1v) is 4.27. The monoisotopic (exact) mass is 181 g/mol. The SMILES string of the molecule is C.CCCc1cc(C)cnc1OC. The molecule has 0 radical (unpaired) electrons. The number of methoxy groups -OCH3 is 1. The summed E-state index contributed by atoms with van der Waals surface area (Å²) in [5.74, 6) is 0.766. The molecule has 1 aromatic heterocycles. The second-order valence-electron chi connectivity index (χ2n) is 2.93. The lowest BCUT2D eigenvalue weighted by Gasteiger charge is -2.06. The summed E-state index contributed by atoms with van der Waals surface area (Å²) >= 11 is 0. The molecule has 74 valence electrons. The molecular weight excluding hydrogens is 162 g/mol. The van der Waals surface area contributed by atoms with Crippen molar-refractivity contribution in [1.82, 2.24) is 4.98 Å². The first kappa shape index (κ1) is 11.9. The standard InChI is InChI=1S/C10H15NO.CH4/c1-4-5-9-6-8(2)7-11-10(9)12-3;/h6-7H,4-5H2,1-3H3;1H4. The van der Waals surface area contributed by atoms with E-state index < -0.39 is 0 Å². The Hall–Kier alpha value is -1.05. The van der Waals surface area contributed by atoms with Crippen LogP contribution < -0.4 is 4.74 Å². The van der Waals surface area contributed by atoms with Crippen molar-refractivity contribution in [2.45, 2.75) is 34.1 Å². The van der Waals surface area contributed by atoms with Crippen LogP contribution in [-0.2, 0) is 6.42 Å². The van der Waals surface area contributed by atoms with Gasteiger partial charge in [0, 0.05) is 11.8 Å². The number of rotatable bonds is 3. The molecule has 0 bridgehead atoms. The molecule has 1 aromatic rings. The van der Waals surface area contributed by atoms with Crippen LogP contribution in [0.2, 0.25) is 0 Å². The topological polar surface area (TPSA) is 22.1 Å². The van der Waals surface area contributed by atoms with Gasteiger partial charge in [-0.15, -0.1) is 0 Å². The third-order valence-corrected chi connectivity index (χ3v) is 1.77. The molecule has 2 nitrogen and oxygen atoms in total. The fourth-order valence-corrected chi connectivity index (χ4v) is 1.25. The Morgan fingerprint density at radius 3 is 2.69 bits per heavy atom. The van der Waals surface area contributed by atoms with Crippen LogP contribution in [0.5, 0.6) is 5.88 Å². The summed E-state index contributed by atoms with van der Waals surface area (Å²) in [6, 6.07) is 2.13. The van der Waals surface area contributed by atoms with Gasteiger partial charge >= 0.3 is 0 Å². The van der Waals surface area contributed by atoms with E-state index in [9.17, 15) is 0 Å². The minimum atomic E-state index is 0. The normalized spacial score (nSPS) is 9.15. The van der Waals surface area contributed by atoms with Gasteiger partial charge in [-0.2, -0.15) is 0 Å². The molecule has 0 aliphatic rings. The molecule has 0 aliphatic heterocycles. The zero-order chi connectivity index (χ0) is 8.97. The Balaban J connectivity index is 0.00000144. The van der Waals surface area contributed by atoms with Crippen LogP contribution in [0.3, 0.4) is 0 Å². The number of nitrogens with zero attached hydrogens (tertiary/aromatic N) is 1. The number of hydrogen-bond acceptors (Lipinski definition) is 2. The summed E-state index contributed by atoms with van der Waals surface area (Å²) in [6.45, 7) is 4.20. The van der Waals surface area contributed by atoms with E-state index in [1.807, 2.05) is 13.1 Å². The molecular formula is C11H19NO. The zero-order valence-corrected chi connectivity index (χ0v) is 7.92. The average molecular weight is 181 g/mol. The van der Waals surface area contributed by atoms with Crippen molar-refractivity contribution in [3.05, 3.63) is 23.4 Å². The largest absolute Gasteiger partial charge is 0.481 e. The Bertz CT molecular complexity index is 258. The van der Waals surface area contributed by atoms with E-state index in [-0.39, 0.29) is 7.43 Å². The Labute approximate surface area is 81.0 Å². The highest BCUT2D eigenvalue weighted by atomic mass is 16.5. The summed E-state index contributed by atoms with van der Waals surface area (Å²) in [5.41, 5.74) is 2.40. The molecule has 0 spiro atoms. The second-order valence-corrected chi connectivity index (χ2v) is 2.93. The van der Waals surface area contributed by atoms with Gasteiger partial charge in [0.25, 0.3) is 0 Å². The number of ether oxygens (including phenoxy) is 1. The lowest BCUT2D eigenvalue weighted by molar-refractivity contribution is 0.392. The molecule has 0 saturated carbocycles. The van der Waals surface area contributed by atoms with Crippen LogP contribution in [0.15, 0.2) is 12.3 Å². The van der Waals surface area contributed by atoms with Gasteiger partial charge in [0.2, 0.25) is 5.88 Å². The summed E-state index contributed by atoms with van der Waals surface area (Å²) in [7, 11) is 1.66. The third kappa shape index (κ3) is 3.05. The molecule has 0 aliphatic carbocycles. The molecule has 0 amide bonds.